The van der Waals surface area contributed by atoms with E-state index < -0.39 is 5.91 Å². The second-order valence-electron chi connectivity index (χ2n) is 4.95. The highest BCUT2D eigenvalue weighted by Crippen LogP contribution is 2.27. The second kappa shape index (κ2) is 7.06. The molecule has 0 bridgehead atoms. The van der Waals surface area contributed by atoms with Crippen LogP contribution in [0.3, 0.4) is 0 Å². The van der Waals surface area contributed by atoms with Crippen molar-refractivity contribution in [3.8, 4) is 0 Å². The van der Waals surface area contributed by atoms with Gasteiger partial charge < -0.3 is 11.1 Å². The Bertz CT molecular complexity index is 925. The molecule has 3 rings (SSSR count). The zero-order chi connectivity index (χ0) is 17.1. The summed E-state index contributed by atoms with van der Waals surface area (Å²) in [6.07, 6.45) is 3.33. The van der Waals surface area contributed by atoms with Crippen LogP contribution < -0.4 is 11.1 Å². The average Bonchev–Trinajstić information content (AvgIpc) is 2.94. The van der Waals surface area contributed by atoms with Gasteiger partial charge in [-0.15, -0.1) is 11.8 Å². The number of anilines is 1. The molecule has 2 heterocycles. The van der Waals surface area contributed by atoms with Crippen LogP contribution in [-0.2, 0) is 4.79 Å². The summed E-state index contributed by atoms with van der Waals surface area (Å²) in [4.78, 5) is 24.2. The molecule has 0 aliphatic rings. The van der Waals surface area contributed by atoms with Crippen molar-refractivity contribution in [2.75, 3.05) is 11.1 Å². The SMILES string of the molecule is NC(=O)CSc1ccccc1NC(=O)c1ccc2c(Br)cnn2c1. The van der Waals surface area contributed by atoms with Crippen LogP contribution >= 0.6 is 27.7 Å². The van der Waals surface area contributed by atoms with Gasteiger partial charge in [0.15, 0.2) is 0 Å². The number of aromatic nitrogens is 2. The zero-order valence-electron chi connectivity index (χ0n) is 12.4. The summed E-state index contributed by atoms with van der Waals surface area (Å²) < 4.78 is 2.50. The van der Waals surface area contributed by atoms with E-state index in [0.717, 1.165) is 14.9 Å². The minimum absolute atomic E-state index is 0.153. The number of rotatable bonds is 5. The van der Waals surface area contributed by atoms with E-state index in [1.807, 2.05) is 24.3 Å². The van der Waals surface area contributed by atoms with Gasteiger partial charge in [0.2, 0.25) is 5.91 Å². The largest absolute Gasteiger partial charge is 0.369 e. The molecule has 0 radical (unpaired) electrons. The van der Waals surface area contributed by atoms with Gasteiger partial charge >= 0.3 is 0 Å². The van der Waals surface area contributed by atoms with E-state index in [9.17, 15) is 9.59 Å². The molecule has 0 aliphatic carbocycles. The first-order chi connectivity index (χ1) is 11.5. The van der Waals surface area contributed by atoms with Gasteiger partial charge in [0, 0.05) is 11.1 Å². The van der Waals surface area contributed by atoms with E-state index in [-0.39, 0.29) is 11.7 Å². The van der Waals surface area contributed by atoms with Crippen molar-refractivity contribution in [3.63, 3.8) is 0 Å². The van der Waals surface area contributed by atoms with E-state index in [1.165, 1.54) is 11.8 Å². The average molecular weight is 405 g/mol. The van der Waals surface area contributed by atoms with Gasteiger partial charge in [-0.3, -0.25) is 9.59 Å². The molecule has 0 fully saturated rings. The number of nitrogens with two attached hydrogens (primary N) is 1. The second-order valence-corrected chi connectivity index (χ2v) is 6.82. The first-order valence-electron chi connectivity index (χ1n) is 6.99. The molecule has 0 aliphatic heterocycles. The van der Waals surface area contributed by atoms with Crippen LogP contribution in [0.25, 0.3) is 5.52 Å². The molecule has 3 aromatic rings. The summed E-state index contributed by atoms with van der Waals surface area (Å²) in [5.74, 6) is -0.508. The van der Waals surface area contributed by atoms with Crippen molar-refractivity contribution >= 4 is 50.7 Å². The third-order valence-electron chi connectivity index (χ3n) is 3.24. The summed E-state index contributed by atoms with van der Waals surface area (Å²) >= 11 is 4.68. The maximum atomic E-state index is 12.5. The number of hydrogen-bond acceptors (Lipinski definition) is 4. The standard InChI is InChI=1S/C16H13BrN4O2S/c17-11-7-19-21-8-10(5-6-13(11)21)16(23)20-12-3-1-2-4-14(12)24-9-15(18)22/h1-8H,9H2,(H2,18,22)(H,20,23). The summed E-state index contributed by atoms with van der Waals surface area (Å²) in [5.41, 5.74) is 7.17. The summed E-state index contributed by atoms with van der Waals surface area (Å²) in [6, 6.07) is 10.8. The van der Waals surface area contributed by atoms with E-state index in [0.29, 0.717) is 11.3 Å². The minimum atomic E-state index is -0.407. The molecule has 2 aromatic heterocycles. The van der Waals surface area contributed by atoms with Crippen LogP contribution in [0.5, 0.6) is 0 Å². The number of fused-ring (bicyclic) bond motifs is 1. The highest BCUT2D eigenvalue weighted by Gasteiger charge is 2.12. The number of halogens is 1. The van der Waals surface area contributed by atoms with Crippen LogP contribution in [0.4, 0.5) is 5.69 Å². The number of carbonyl (C=O) groups excluding carboxylic acids is 2. The lowest BCUT2D eigenvalue weighted by molar-refractivity contribution is -0.115. The molecule has 0 atom stereocenters. The first kappa shape index (κ1) is 16.5. The van der Waals surface area contributed by atoms with Crippen molar-refractivity contribution in [1.82, 2.24) is 9.61 Å². The van der Waals surface area contributed by atoms with Crippen molar-refractivity contribution in [3.05, 3.63) is 58.8 Å². The van der Waals surface area contributed by atoms with Crippen LogP contribution in [0.15, 0.2) is 58.2 Å². The molecule has 0 saturated carbocycles. The first-order valence-corrected chi connectivity index (χ1v) is 8.77. The van der Waals surface area contributed by atoms with E-state index in [1.54, 1.807) is 29.0 Å². The Morgan fingerprint density at radius 2 is 2.04 bits per heavy atom. The number of nitrogens with one attached hydrogen (secondary N) is 1. The molecule has 0 saturated heterocycles. The maximum Gasteiger partial charge on any atom is 0.257 e. The fourth-order valence-corrected chi connectivity index (χ4v) is 3.28. The van der Waals surface area contributed by atoms with Crippen molar-refractivity contribution < 1.29 is 9.59 Å². The lowest BCUT2D eigenvalue weighted by Gasteiger charge is -2.10. The molecule has 122 valence electrons. The summed E-state index contributed by atoms with van der Waals surface area (Å²) in [6.45, 7) is 0. The van der Waals surface area contributed by atoms with Gasteiger partial charge in [0.25, 0.3) is 5.91 Å². The lowest BCUT2D eigenvalue weighted by Crippen LogP contribution is -2.15. The lowest BCUT2D eigenvalue weighted by atomic mass is 10.2. The van der Waals surface area contributed by atoms with E-state index in [4.69, 9.17) is 5.73 Å². The predicted molar refractivity (Wildman–Crippen MR) is 97.2 cm³/mol. The smallest absolute Gasteiger partial charge is 0.257 e. The summed E-state index contributed by atoms with van der Waals surface area (Å²) in [5, 5.41) is 7.03. The molecule has 0 unspecified atom stereocenters. The quantitative estimate of drug-likeness (QED) is 0.639. The molecule has 0 spiro atoms. The summed E-state index contributed by atoms with van der Waals surface area (Å²) in [7, 11) is 0. The number of para-hydroxylation sites is 1. The Hall–Kier alpha value is -2.32. The third-order valence-corrected chi connectivity index (χ3v) is 4.94. The fraction of sp³-hybridized carbons (Fsp3) is 0.0625. The van der Waals surface area contributed by atoms with Gasteiger partial charge in [-0.25, -0.2) is 4.52 Å². The van der Waals surface area contributed by atoms with Crippen LogP contribution in [0, 0.1) is 0 Å². The van der Waals surface area contributed by atoms with Gasteiger partial charge in [0.1, 0.15) is 0 Å². The van der Waals surface area contributed by atoms with Gasteiger partial charge in [0.05, 0.1) is 33.2 Å². The van der Waals surface area contributed by atoms with E-state index >= 15 is 0 Å². The topological polar surface area (TPSA) is 89.5 Å². The van der Waals surface area contributed by atoms with Crippen molar-refractivity contribution in [2.45, 2.75) is 4.90 Å². The third kappa shape index (κ3) is 3.60. The Labute approximate surface area is 150 Å². The van der Waals surface area contributed by atoms with E-state index in [2.05, 4.69) is 26.3 Å². The van der Waals surface area contributed by atoms with Crippen LogP contribution in [-0.4, -0.2) is 27.2 Å². The molecular weight excluding hydrogens is 392 g/mol. The van der Waals surface area contributed by atoms with Gasteiger partial charge in [-0.1, -0.05) is 12.1 Å². The molecule has 2 amide bonds. The normalized spacial score (nSPS) is 10.7. The van der Waals surface area contributed by atoms with Crippen LogP contribution in [0.2, 0.25) is 0 Å². The monoisotopic (exact) mass is 404 g/mol. The molecular formula is C16H13BrN4O2S. The number of thioether (sulfide) groups is 1. The minimum Gasteiger partial charge on any atom is -0.369 e. The Morgan fingerprint density at radius 3 is 2.83 bits per heavy atom. The highest BCUT2D eigenvalue weighted by molar-refractivity contribution is 9.10. The molecule has 24 heavy (non-hydrogen) atoms. The molecule has 1 aromatic carbocycles. The number of primary amides is 1. The Balaban J connectivity index is 1.82. The van der Waals surface area contributed by atoms with Crippen molar-refractivity contribution in [2.24, 2.45) is 5.73 Å². The molecule has 8 heteroatoms. The van der Waals surface area contributed by atoms with Gasteiger partial charge in [-0.05, 0) is 40.2 Å². The number of hydrogen-bond donors (Lipinski definition) is 2. The Morgan fingerprint density at radius 1 is 1.25 bits per heavy atom. The number of benzene rings is 1. The highest BCUT2D eigenvalue weighted by atomic mass is 79.9. The molecule has 6 nitrogen and oxygen atoms in total. The number of nitrogens with zero attached hydrogens (tertiary/aromatic N) is 2. The zero-order valence-corrected chi connectivity index (χ0v) is 14.8. The number of pyridine rings is 1. The van der Waals surface area contributed by atoms with Crippen molar-refractivity contribution in [1.29, 1.82) is 0 Å². The predicted octanol–water partition coefficient (Wildman–Crippen LogP) is 2.93. The molecule has 3 N–H and O–H groups in total. The van der Waals surface area contributed by atoms with Crippen LogP contribution in [0.1, 0.15) is 10.4 Å². The number of amides is 2. The number of carbonyl (C=O) groups is 2. The maximum absolute atomic E-state index is 12.5. The van der Waals surface area contributed by atoms with Gasteiger partial charge in [-0.2, -0.15) is 5.10 Å². The fourth-order valence-electron chi connectivity index (χ4n) is 2.13. The Kier molecular flexibility index (Phi) is 4.86.